The van der Waals surface area contributed by atoms with Crippen molar-refractivity contribution in [3.63, 3.8) is 0 Å². The molecule has 0 fully saturated rings. The highest BCUT2D eigenvalue weighted by Gasteiger charge is 2.16. The maximum Gasteiger partial charge on any atom is 0.246 e. The molecule has 140 valence electrons. The second-order valence-corrected chi connectivity index (χ2v) is 8.24. The van der Waals surface area contributed by atoms with Crippen LogP contribution in [-0.2, 0) is 14.8 Å². The molecule has 0 unspecified atom stereocenters. The summed E-state index contributed by atoms with van der Waals surface area (Å²) in [5, 5.41) is 5.90. The lowest BCUT2D eigenvalue weighted by Crippen LogP contribution is -2.32. The number of carbonyl (C=O) groups excluding carboxylic acids is 1. The fourth-order valence-corrected chi connectivity index (χ4v) is 3.56. The Morgan fingerprint density at radius 3 is 1.96 bits per heavy atom. The SMILES string of the molecule is Cc1ccc(N[C@@H](C)C(=O)Nc2ccc(S(=O)(=O)NC(C)C)cc2)cc1. The maximum absolute atomic E-state index is 12.3. The fraction of sp³-hybridized carbons (Fsp3) is 0.316. The summed E-state index contributed by atoms with van der Waals surface area (Å²) in [4.78, 5) is 12.5. The number of hydrogen-bond donors (Lipinski definition) is 3. The van der Waals surface area contributed by atoms with E-state index in [1.54, 1.807) is 32.9 Å². The Balaban J connectivity index is 1.99. The van der Waals surface area contributed by atoms with Gasteiger partial charge in [0.15, 0.2) is 0 Å². The number of nitrogens with one attached hydrogen (secondary N) is 3. The first-order chi connectivity index (χ1) is 12.2. The van der Waals surface area contributed by atoms with E-state index in [1.807, 2.05) is 31.2 Å². The summed E-state index contributed by atoms with van der Waals surface area (Å²) in [6.45, 7) is 7.28. The third-order valence-electron chi connectivity index (χ3n) is 3.65. The molecule has 0 spiro atoms. The van der Waals surface area contributed by atoms with Gasteiger partial charge in [0.05, 0.1) is 4.90 Å². The molecular weight excluding hydrogens is 350 g/mol. The van der Waals surface area contributed by atoms with Crippen molar-refractivity contribution in [2.75, 3.05) is 10.6 Å². The smallest absolute Gasteiger partial charge is 0.246 e. The Labute approximate surface area is 155 Å². The van der Waals surface area contributed by atoms with Crippen LogP contribution in [0.5, 0.6) is 0 Å². The molecule has 7 heteroatoms. The predicted molar refractivity (Wildman–Crippen MR) is 105 cm³/mol. The van der Waals surface area contributed by atoms with E-state index in [4.69, 9.17) is 0 Å². The number of hydrogen-bond acceptors (Lipinski definition) is 4. The number of anilines is 2. The Kier molecular flexibility index (Phi) is 6.39. The van der Waals surface area contributed by atoms with E-state index in [2.05, 4.69) is 15.4 Å². The number of rotatable bonds is 7. The number of aryl methyl sites for hydroxylation is 1. The molecule has 1 amide bonds. The second-order valence-electron chi connectivity index (χ2n) is 6.52. The maximum atomic E-state index is 12.3. The van der Waals surface area contributed by atoms with Gasteiger partial charge >= 0.3 is 0 Å². The van der Waals surface area contributed by atoms with Crippen molar-refractivity contribution >= 4 is 27.3 Å². The van der Waals surface area contributed by atoms with Gasteiger partial charge in [0, 0.05) is 17.4 Å². The fourth-order valence-electron chi connectivity index (χ4n) is 2.31. The van der Waals surface area contributed by atoms with Crippen LogP contribution in [0.25, 0.3) is 0 Å². The lowest BCUT2D eigenvalue weighted by molar-refractivity contribution is -0.116. The van der Waals surface area contributed by atoms with E-state index >= 15 is 0 Å². The topological polar surface area (TPSA) is 87.3 Å². The van der Waals surface area contributed by atoms with Crippen molar-refractivity contribution in [1.29, 1.82) is 0 Å². The lowest BCUT2D eigenvalue weighted by Gasteiger charge is -2.16. The highest BCUT2D eigenvalue weighted by molar-refractivity contribution is 7.89. The van der Waals surface area contributed by atoms with Crippen LogP contribution in [0.4, 0.5) is 11.4 Å². The van der Waals surface area contributed by atoms with Crippen LogP contribution in [0, 0.1) is 6.92 Å². The van der Waals surface area contributed by atoms with Gasteiger partial charge in [-0.15, -0.1) is 0 Å². The zero-order valence-electron chi connectivity index (χ0n) is 15.4. The number of amides is 1. The Bertz CT molecular complexity index is 845. The summed E-state index contributed by atoms with van der Waals surface area (Å²) in [7, 11) is -3.54. The molecule has 0 heterocycles. The van der Waals surface area contributed by atoms with Crippen molar-refractivity contribution in [3.05, 3.63) is 54.1 Å². The Morgan fingerprint density at radius 2 is 1.42 bits per heavy atom. The first-order valence-electron chi connectivity index (χ1n) is 8.44. The molecule has 0 saturated heterocycles. The van der Waals surface area contributed by atoms with Crippen molar-refractivity contribution < 1.29 is 13.2 Å². The third kappa shape index (κ3) is 5.57. The first kappa shape index (κ1) is 19.9. The molecule has 1 atom stereocenters. The van der Waals surface area contributed by atoms with Crippen LogP contribution in [-0.4, -0.2) is 26.4 Å². The summed E-state index contributed by atoms with van der Waals surface area (Å²) in [6.07, 6.45) is 0. The van der Waals surface area contributed by atoms with E-state index in [-0.39, 0.29) is 16.8 Å². The molecular formula is C19H25N3O3S. The highest BCUT2D eigenvalue weighted by atomic mass is 32.2. The highest BCUT2D eigenvalue weighted by Crippen LogP contribution is 2.15. The summed E-state index contributed by atoms with van der Waals surface area (Å²) < 4.78 is 26.7. The average molecular weight is 375 g/mol. The molecule has 26 heavy (non-hydrogen) atoms. The van der Waals surface area contributed by atoms with Gasteiger partial charge in [0.25, 0.3) is 0 Å². The molecule has 2 rings (SSSR count). The molecule has 0 aliphatic rings. The van der Waals surface area contributed by atoms with E-state index in [9.17, 15) is 13.2 Å². The summed E-state index contributed by atoms with van der Waals surface area (Å²) in [5.41, 5.74) is 2.55. The normalized spacial score (nSPS) is 12.7. The van der Waals surface area contributed by atoms with Crippen LogP contribution >= 0.6 is 0 Å². The predicted octanol–water partition coefficient (Wildman–Crippen LogP) is 3.12. The van der Waals surface area contributed by atoms with Crippen LogP contribution in [0.2, 0.25) is 0 Å². The molecule has 0 aliphatic carbocycles. The monoisotopic (exact) mass is 375 g/mol. The zero-order valence-corrected chi connectivity index (χ0v) is 16.2. The van der Waals surface area contributed by atoms with E-state index in [0.717, 1.165) is 11.3 Å². The molecule has 6 nitrogen and oxygen atoms in total. The molecule has 0 saturated carbocycles. The van der Waals surface area contributed by atoms with Crippen LogP contribution in [0.15, 0.2) is 53.4 Å². The van der Waals surface area contributed by atoms with Crippen molar-refractivity contribution in [2.45, 2.75) is 44.7 Å². The molecule has 3 N–H and O–H groups in total. The van der Waals surface area contributed by atoms with Crippen LogP contribution in [0.1, 0.15) is 26.3 Å². The van der Waals surface area contributed by atoms with Gasteiger partial charge < -0.3 is 10.6 Å². The second kappa shape index (κ2) is 8.33. The van der Waals surface area contributed by atoms with E-state index < -0.39 is 16.1 Å². The standard InChI is InChI=1S/C19H25N3O3S/c1-13(2)22-26(24,25)18-11-9-17(10-12-18)21-19(23)15(4)20-16-7-5-14(3)6-8-16/h5-13,15,20,22H,1-4H3,(H,21,23)/t15-/m0/s1. The van der Waals surface area contributed by atoms with E-state index in [1.165, 1.54) is 12.1 Å². The van der Waals surface area contributed by atoms with Gasteiger partial charge in [-0.3, -0.25) is 4.79 Å². The molecule has 0 radical (unpaired) electrons. The van der Waals surface area contributed by atoms with Crippen LogP contribution < -0.4 is 15.4 Å². The molecule has 2 aromatic rings. The molecule has 0 aliphatic heterocycles. The van der Waals surface area contributed by atoms with Gasteiger partial charge in [-0.05, 0) is 64.1 Å². The van der Waals surface area contributed by atoms with Gasteiger partial charge in [-0.25, -0.2) is 13.1 Å². The number of benzene rings is 2. The molecule has 2 aromatic carbocycles. The zero-order chi connectivity index (χ0) is 19.3. The number of carbonyl (C=O) groups is 1. The Morgan fingerprint density at radius 1 is 0.885 bits per heavy atom. The summed E-state index contributed by atoms with van der Waals surface area (Å²) >= 11 is 0. The third-order valence-corrected chi connectivity index (χ3v) is 5.33. The largest absolute Gasteiger partial charge is 0.374 e. The van der Waals surface area contributed by atoms with E-state index in [0.29, 0.717) is 5.69 Å². The quantitative estimate of drug-likeness (QED) is 0.694. The molecule has 0 aromatic heterocycles. The minimum atomic E-state index is -3.54. The van der Waals surface area contributed by atoms with Crippen molar-refractivity contribution in [1.82, 2.24) is 4.72 Å². The molecule has 0 bridgehead atoms. The van der Waals surface area contributed by atoms with Gasteiger partial charge in [0.2, 0.25) is 15.9 Å². The average Bonchev–Trinajstić information content (AvgIpc) is 2.56. The lowest BCUT2D eigenvalue weighted by atomic mass is 10.2. The van der Waals surface area contributed by atoms with Crippen molar-refractivity contribution in [3.8, 4) is 0 Å². The first-order valence-corrected chi connectivity index (χ1v) is 9.92. The summed E-state index contributed by atoms with van der Waals surface area (Å²) in [5.74, 6) is -0.207. The van der Waals surface area contributed by atoms with Gasteiger partial charge in [-0.2, -0.15) is 0 Å². The van der Waals surface area contributed by atoms with Crippen LogP contribution in [0.3, 0.4) is 0 Å². The van der Waals surface area contributed by atoms with Gasteiger partial charge in [0.1, 0.15) is 6.04 Å². The van der Waals surface area contributed by atoms with Gasteiger partial charge in [-0.1, -0.05) is 17.7 Å². The minimum absolute atomic E-state index is 0.162. The van der Waals surface area contributed by atoms with Crippen molar-refractivity contribution in [2.24, 2.45) is 0 Å². The minimum Gasteiger partial charge on any atom is -0.374 e. The number of sulfonamides is 1. The summed E-state index contributed by atoms with van der Waals surface area (Å²) in [6, 6.07) is 13.2. The Hall–Kier alpha value is -2.38.